The molecule has 0 spiro atoms. The second kappa shape index (κ2) is 8.28. The molecule has 2 rings (SSSR count). The van der Waals surface area contributed by atoms with Gasteiger partial charge < -0.3 is 10.6 Å². The average Bonchev–Trinajstić information content (AvgIpc) is 3.07. The van der Waals surface area contributed by atoms with Gasteiger partial charge in [-0.15, -0.1) is 0 Å². The lowest BCUT2D eigenvalue weighted by Crippen LogP contribution is -2.43. The number of sulfone groups is 1. The number of guanidine groups is 1. The van der Waals surface area contributed by atoms with E-state index in [2.05, 4.69) is 31.4 Å². The Morgan fingerprint density at radius 3 is 2.20 bits per heavy atom. The summed E-state index contributed by atoms with van der Waals surface area (Å²) >= 11 is 0. The minimum Gasteiger partial charge on any atom is -0.357 e. The van der Waals surface area contributed by atoms with Crippen LogP contribution >= 0.6 is 0 Å². The van der Waals surface area contributed by atoms with Gasteiger partial charge in [0.1, 0.15) is 9.84 Å². The molecular weight excluding hydrogens is 334 g/mol. The van der Waals surface area contributed by atoms with Crippen LogP contribution in [0.4, 0.5) is 0 Å². The van der Waals surface area contributed by atoms with E-state index in [1.165, 1.54) is 38.4 Å². The highest BCUT2D eigenvalue weighted by Gasteiger charge is 2.45. The maximum Gasteiger partial charge on any atom is 0.191 e. The van der Waals surface area contributed by atoms with Crippen molar-refractivity contribution in [3.63, 3.8) is 0 Å². The summed E-state index contributed by atoms with van der Waals surface area (Å²) in [7, 11) is -2.94. The summed E-state index contributed by atoms with van der Waals surface area (Å²) in [6.07, 6.45) is 9.80. The van der Waals surface area contributed by atoms with Gasteiger partial charge in [-0.25, -0.2) is 8.42 Å². The predicted octanol–water partition coefficient (Wildman–Crippen LogP) is 2.97. The van der Waals surface area contributed by atoms with Crippen LogP contribution in [-0.4, -0.2) is 46.0 Å². The second-order valence-electron chi connectivity index (χ2n) is 8.92. The molecule has 0 bridgehead atoms. The van der Waals surface area contributed by atoms with Crippen LogP contribution in [0.15, 0.2) is 4.99 Å². The van der Waals surface area contributed by atoms with Crippen LogP contribution in [0.3, 0.4) is 0 Å². The molecule has 0 aromatic heterocycles. The Morgan fingerprint density at radius 1 is 1.08 bits per heavy atom. The summed E-state index contributed by atoms with van der Waals surface area (Å²) in [5.41, 5.74) is 0.285. The lowest BCUT2D eigenvalue weighted by Gasteiger charge is -2.32. The molecular formula is C19H37N3O2S. The summed E-state index contributed by atoms with van der Waals surface area (Å²) in [5.74, 6) is 1.82. The molecule has 0 radical (unpaired) electrons. The van der Waals surface area contributed by atoms with E-state index in [9.17, 15) is 8.42 Å². The lowest BCUT2D eigenvalue weighted by atomic mass is 9.78. The average molecular weight is 372 g/mol. The van der Waals surface area contributed by atoms with Crippen molar-refractivity contribution in [3.05, 3.63) is 0 Å². The van der Waals surface area contributed by atoms with Crippen molar-refractivity contribution in [2.45, 2.75) is 65.7 Å². The molecule has 2 aliphatic carbocycles. The Labute approximate surface area is 154 Å². The normalized spacial score (nSPS) is 22.2. The first-order valence-corrected chi connectivity index (χ1v) is 11.9. The topological polar surface area (TPSA) is 70.6 Å². The van der Waals surface area contributed by atoms with Crippen LogP contribution in [0.2, 0.25) is 0 Å². The molecule has 0 heterocycles. The van der Waals surface area contributed by atoms with Gasteiger partial charge in [-0.3, -0.25) is 4.99 Å². The van der Waals surface area contributed by atoms with Crippen molar-refractivity contribution < 1.29 is 8.42 Å². The highest BCUT2D eigenvalue weighted by Crippen LogP contribution is 2.47. The number of nitrogens with zero attached hydrogens (tertiary/aromatic N) is 1. The van der Waals surface area contributed by atoms with Crippen molar-refractivity contribution in [2.75, 3.05) is 31.6 Å². The molecule has 5 nitrogen and oxygen atoms in total. The highest BCUT2D eigenvalue weighted by atomic mass is 32.2. The van der Waals surface area contributed by atoms with Crippen molar-refractivity contribution in [1.29, 1.82) is 0 Å². The Bertz CT molecular complexity index is 559. The number of hydrogen-bond acceptors (Lipinski definition) is 3. The van der Waals surface area contributed by atoms with Crippen LogP contribution < -0.4 is 10.6 Å². The molecule has 0 unspecified atom stereocenters. The van der Waals surface area contributed by atoms with E-state index < -0.39 is 9.84 Å². The predicted molar refractivity (Wildman–Crippen MR) is 106 cm³/mol. The Kier molecular flexibility index (Phi) is 6.80. The SMILES string of the molecule is CCNC(=NCC1(CS(C)(=O)=O)CC1)NCC1(CC(C)C)CCCC1. The highest BCUT2D eigenvalue weighted by molar-refractivity contribution is 7.90. The Hall–Kier alpha value is -0.780. The molecule has 0 aromatic carbocycles. The Morgan fingerprint density at radius 2 is 1.72 bits per heavy atom. The zero-order chi connectivity index (χ0) is 18.6. The first-order chi connectivity index (χ1) is 11.7. The van der Waals surface area contributed by atoms with Crippen molar-refractivity contribution >= 4 is 15.8 Å². The van der Waals surface area contributed by atoms with Gasteiger partial charge >= 0.3 is 0 Å². The zero-order valence-electron chi connectivity index (χ0n) is 16.5. The van der Waals surface area contributed by atoms with Crippen LogP contribution in [0, 0.1) is 16.7 Å². The van der Waals surface area contributed by atoms with Crippen LogP contribution in [-0.2, 0) is 9.84 Å². The molecule has 146 valence electrons. The van der Waals surface area contributed by atoms with Gasteiger partial charge in [-0.1, -0.05) is 26.7 Å². The van der Waals surface area contributed by atoms with Gasteiger partial charge in [0.05, 0.1) is 5.75 Å². The van der Waals surface area contributed by atoms with Gasteiger partial charge in [0.2, 0.25) is 0 Å². The Balaban J connectivity index is 1.95. The summed E-state index contributed by atoms with van der Waals surface area (Å²) in [6.45, 7) is 9.08. The van der Waals surface area contributed by atoms with Gasteiger partial charge in [-0.2, -0.15) is 0 Å². The minimum atomic E-state index is -2.94. The minimum absolute atomic E-state index is 0.112. The first-order valence-electron chi connectivity index (χ1n) is 9.88. The number of nitrogens with one attached hydrogen (secondary N) is 2. The summed E-state index contributed by atoms with van der Waals surface area (Å²) in [6, 6.07) is 0. The van der Waals surface area contributed by atoms with E-state index in [0.717, 1.165) is 31.9 Å². The maximum atomic E-state index is 11.6. The van der Waals surface area contributed by atoms with Crippen molar-refractivity contribution in [1.82, 2.24) is 10.6 Å². The van der Waals surface area contributed by atoms with Crippen LogP contribution in [0.5, 0.6) is 0 Å². The summed E-state index contributed by atoms with van der Waals surface area (Å²) in [4.78, 5) is 4.73. The third kappa shape index (κ3) is 6.80. The smallest absolute Gasteiger partial charge is 0.191 e. The van der Waals surface area contributed by atoms with Gasteiger partial charge in [0.15, 0.2) is 5.96 Å². The second-order valence-corrected chi connectivity index (χ2v) is 11.1. The standard InChI is InChI=1S/C19H37N3O2S/c1-5-20-17(22-14-19(10-11-19)15-25(4,23)24)21-13-18(12-16(2)3)8-6-7-9-18/h16H,5-15H2,1-4H3,(H2,20,21,22). The largest absolute Gasteiger partial charge is 0.357 e. The van der Waals surface area contributed by atoms with E-state index in [0.29, 0.717) is 17.9 Å². The third-order valence-corrected chi connectivity index (χ3v) is 6.72. The molecule has 2 N–H and O–H groups in total. The molecule has 0 atom stereocenters. The molecule has 0 saturated heterocycles. The van der Waals surface area contributed by atoms with Crippen molar-refractivity contribution in [3.8, 4) is 0 Å². The van der Waals surface area contributed by atoms with E-state index in [4.69, 9.17) is 4.99 Å². The van der Waals surface area contributed by atoms with Gasteiger partial charge in [0.25, 0.3) is 0 Å². The van der Waals surface area contributed by atoms with Crippen LogP contribution in [0.25, 0.3) is 0 Å². The molecule has 0 aromatic rings. The van der Waals surface area contributed by atoms with E-state index in [-0.39, 0.29) is 11.2 Å². The molecule has 2 fully saturated rings. The zero-order valence-corrected chi connectivity index (χ0v) is 17.3. The molecule has 0 amide bonds. The molecule has 6 heteroatoms. The fraction of sp³-hybridized carbons (Fsp3) is 0.947. The number of hydrogen-bond donors (Lipinski definition) is 2. The monoisotopic (exact) mass is 371 g/mol. The van der Waals surface area contributed by atoms with E-state index >= 15 is 0 Å². The summed E-state index contributed by atoms with van der Waals surface area (Å²) in [5, 5.41) is 6.89. The first kappa shape index (κ1) is 20.5. The van der Waals surface area contributed by atoms with E-state index in [1.54, 1.807) is 0 Å². The molecule has 2 saturated carbocycles. The fourth-order valence-electron chi connectivity index (χ4n) is 4.38. The quantitative estimate of drug-likeness (QED) is 0.483. The fourth-order valence-corrected chi connectivity index (χ4v) is 5.88. The lowest BCUT2D eigenvalue weighted by molar-refractivity contribution is 0.234. The number of aliphatic imine (C=N–C) groups is 1. The summed E-state index contributed by atoms with van der Waals surface area (Å²) < 4.78 is 23.2. The molecule has 0 aliphatic heterocycles. The molecule has 2 aliphatic rings. The molecule has 25 heavy (non-hydrogen) atoms. The van der Waals surface area contributed by atoms with Gasteiger partial charge in [0, 0.05) is 31.3 Å². The van der Waals surface area contributed by atoms with Crippen molar-refractivity contribution in [2.24, 2.45) is 21.7 Å². The maximum absolute atomic E-state index is 11.6. The number of rotatable bonds is 9. The van der Waals surface area contributed by atoms with Crippen LogP contribution in [0.1, 0.15) is 65.7 Å². The van der Waals surface area contributed by atoms with E-state index in [1.807, 2.05) is 0 Å². The van der Waals surface area contributed by atoms with Gasteiger partial charge in [-0.05, 0) is 50.4 Å². The third-order valence-electron chi connectivity index (χ3n) is 5.58.